The van der Waals surface area contributed by atoms with Gasteiger partial charge < -0.3 is 15.1 Å². The van der Waals surface area contributed by atoms with Gasteiger partial charge in [-0.3, -0.25) is 9.69 Å². The van der Waals surface area contributed by atoms with Crippen molar-refractivity contribution in [3.8, 4) is 0 Å². The van der Waals surface area contributed by atoms with Crippen molar-refractivity contribution in [2.75, 3.05) is 37.6 Å². The molecule has 1 atom stereocenters. The van der Waals surface area contributed by atoms with Crippen LogP contribution >= 0.6 is 0 Å². The Balaban J connectivity index is 1.37. The lowest BCUT2D eigenvalue weighted by atomic mass is 10.0. The summed E-state index contributed by atoms with van der Waals surface area (Å²) in [6.07, 6.45) is 0.868. The van der Waals surface area contributed by atoms with E-state index in [-0.39, 0.29) is 24.0 Å². The second-order valence-corrected chi connectivity index (χ2v) is 6.16. The lowest BCUT2D eigenvalue weighted by Crippen LogP contribution is -2.63. The molecule has 3 aliphatic rings. The Morgan fingerprint density at radius 1 is 1.05 bits per heavy atom. The van der Waals surface area contributed by atoms with E-state index < -0.39 is 0 Å². The minimum Gasteiger partial charge on any atom is -0.336 e. The van der Waals surface area contributed by atoms with E-state index in [0.717, 1.165) is 44.8 Å². The van der Waals surface area contributed by atoms with Crippen LogP contribution in [0, 0.1) is 0 Å². The maximum atomic E-state index is 12.6. The molecule has 3 saturated heterocycles. The molecule has 4 rings (SSSR count). The fourth-order valence-electron chi connectivity index (χ4n) is 3.64. The van der Waals surface area contributed by atoms with Gasteiger partial charge in [0.15, 0.2) is 0 Å². The Hall–Kier alpha value is -2.08. The number of urea groups is 1. The van der Waals surface area contributed by atoms with Gasteiger partial charge in [0.05, 0.1) is 12.1 Å². The molecular weight excluding hydrogens is 280 g/mol. The van der Waals surface area contributed by atoms with E-state index in [1.54, 1.807) is 0 Å². The maximum Gasteiger partial charge on any atom is 0.317 e. The van der Waals surface area contributed by atoms with Crippen LogP contribution in [0.25, 0.3) is 0 Å². The monoisotopic (exact) mass is 300 g/mol. The highest BCUT2D eigenvalue weighted by Gasteiger charge is 2.45. The third-order valence-corrected chi connectivity index (χ3v) is 4.91. The van der Waals surface area contributed by atoms with Gasteiger partial charge in [-0.15, -0.1) is 0 Å². The van der Waals surface area contributed by atoms with Gasteiger partial charge in [-0.05, 0) is 18.6 Å². The minimum absolute atomic E-state index is 0.0258. The first-order chi connectivity index (χ1) is 10.7. The molecule has 0 spiro atoms. The van der Waals surface area contributed by atoms with Crippen molar-refractivity contribution in [2.24, 2.45) is 0 Å². The van der Waals surface area contributed by atoms with E-state index in [1.165, 1.54) is 0 Å². The zero-order valence-electron chi connectivity index (χ0n) is 12.4. The molecule has 1 aromatic rings. The average molecular weight is 300 g/mol. The molecule has 3 heterocycles. The first-order valence-electron chi connectivity index (χ1n) is 7.89. The zero-order chi connectivity index (χ0) is 15.1. The standard InChI is InChI=1S/C16H20N4O2/c21-15-14(6-8-19(15)12-4-2-1-3-5-12)18-10-13(11-18)20-9-7-17-16(20)22/h1-5,13-14H,6-11H2,(H,17,22). The highest BCUT2D eigenvalue weighted by molar-refractivity contribution is 5.99. The Morgan fingerprint density at radius 2 is 1.82 bits per heavy atom. The summed E-state index contributed by atoms with van der Waals surface area (Å²) in [4.78, 5) is 30.3. The van der Waals surface area contributed by atoms with Crippen LogP contribution in [0.1, 0.15) is 6.42 Å². The van der Waals surface area contributed by atoms with Crippen LogP contribution in [0.4, 0.5) is 10.5 Å². The SMILES string of the molecule is O=C1C(N2CC(N3CCNC3=O)C2)CCN1c1ccccc1. The third kappa shape index (κ3) is 2.14. The van der Waals surface area contributed by atoms with Crippen molar-refractivity contribution < 1.29 is 9.59 Å². The number of nitrogens with zero attached hydrogens (tertiary/aromatic N) is 3. The predicted molar refractivity (Wildman–Crippen MR) is 82.7 cm³/mol. The molecule has 0 aliphatic carbocycles. The van der Waals surface area contributed by atoms with Crippen molar-refractivity contribution in [1.29, 1.82) is 0 Å². The normalized spacial score (nSPS) is 26.5. The molecule has 3 amide bonds. The van der Waals surface area contributed by atoms with Crippen molar-refractivity contribution in [1.82, 2.24) is 15.1 Å². The van der Waals surface area contributed by atoms with Crippen LogP contribution in [-0.4, -0.2) is 66.5 Å². The second-order valence-electron chi connectivity index (χ2n) is 6.16. The summed E-state index contributed by atoms with van der Waals surface area (Å²) in [5, 5.41) is 2.83. The quantitative estimate of drug-likeness (QED) is 0.884. The fourth-order valence-corrected chi connectivity index (χ4v) is 3.64. The van der Waals surface area contributed by atoms with Gasteiger partial charge in [0, 0.05) is 38.4 Å². The summed E-state index contributed by atoms with van der Waals surface area (Å²) in [6, 6.07) is 10.1. The molecule has 0 bridgehead atoms. The van der Waals surface area contributed by atoms with Crippen LogP contribution in [0.15, 0.2) is 30.3 Å². The number of carbonyl (C=O) groups is 2. The number of para-hydroxylation sites is 1. The zero-order valence-corrected chi connectivity index (χ0v) is 12.4. The summed E-state index contributed by atoms with van der Waals surface area (Å²) in [7, 11) is 0. The topological polar surface area (TPSA) is 55.9 Å². The lowest BCUT2D eigenvalue weighted by molar-refractivity contribution is -0.124. The van der Waals surface area contributed by atoms with E-state index in [9.17, 15) is 9.59 Å². The highest BCUT2D eigenvalue weighted by Crippen LogP contribution is 2.28. The van der Waals surface area contributed by atoms with E-state index in [2.05, 4.69) is 10.2 Å². The Labute approximate surface area is 129 Å². The van der Waals surface area contributed by atoms with Crippen LogP contribution in [0.3, 0.4) is 0 Å². The van der Waals surface area contributed by atoms with Crippen molar-refractivity contribution in [2.45, 2.75) is 18.5 Å². The molecule has 3 fully saturated rings. The van der Waals surface area contributed by atoms with Crippen LogP contribution in [0.5, 0.6) is 0 Å². The third-order valence-electron chi connectivity index (χ3n) is 4.91. The lowest BCUT2D eigenvalue weighted by Gasteiger charge is -2.45. The summed E-state index contributed by atoms with van der Waals surface area (Å²) in [6.45, 7) is 3.92. The number of likely N-dealkylation sites (tertiary alicyclic amines) is 1. The van der Waals surface area contributed by atoms with Crippen molar-refractivity contribution >= 4 is 17.6 Å². The molecule has 0 aromatic heterocycles. The smallest absolute Gasteiger partial charge is 0.317 e. The molecule has 6 heteroatoms. The molecule has 6 nitrogen and oxygen atoms in total. The van der Waals surface area contributed by atoms with Crippen LogP contribution in [0.2, 0.25) is 0 Å². The summed E-state index contributed by atoms with van der Waals surface area (Å²) < 4.78 is 0. The number of carbonyl (C=O) groups excluding carboxylic acids is 2. The summed E-state index contributed by atoms with van der Waals surface area (Å²) in [5.41, 5.74) is 0.978. The molecule has 116 valence electrons. The number of nitrogens with one attached hydrogen (secondary N) is 1. The average Bonchev–Trinajstić information content (AvgIpc) is 3.06. The molecule has 3 aliphatic heterocycles. The molecule has 1 aromatic carbocycles. The Morgan fingerprint density at radius 3 is 2.50 bits per heavy atom. The second kappa shape index (κ2) is 5.28. The summed E-state index contributed by atoms with van der Waals surface area (Å²) in [5.74, 6) is 0.190. The first-order valence-corrected chi connectivity index (χ1v) is 7.89. The van der Waals surface area contributed by atoms with Gasteiger partial charge in [0.1, 0.15) is 0 Å². The van der Waals surface area contributed by atoms with Gasteiger partial charge in [-0.1, -0.05) is 18.2 Å². The highest BCUT2D eigenvalue weighted by atomic mass is 16.2. The maximum absolute atomic E-state index is 12.6. The molecular formula is C16H20N4O2. The van der Waals surface area contributed by atoms with Crippen LogP contribution < -0.4 is 10.2 Å². The predicted octanol–water partition coefficient (Wildman–Crippen LogP) is 0.501. The van der Waals surface area contributed by atoms with Gasteiger partial charge >= 0.3 is 6.03 Å². The van der Waals surface area contributed by atoms with E-state index in [1.807, 2.05) is 40.1 Å². The molecule has 0 saturated carbocycles. The van der Waals surface area contributed by atoms with E-state index in [0.29, 0.717) is 0 Å². The Bertz CT molecular complexity index is 585. The van der Waals surface area contributed by atoms with Gasteiger partial charge in [0.25, 0.3) is 0 Å². The number of anilines is 1. The van der Waals surface area contributed by atoms with Gasteiger partial charge in [-0.25, -0.2) is 4.79 Å². The van der Waals surface area contributed by atoms with E-state index in [4.69, 9.17) is 0 Å². The van der Waals surface area contributed by atoms with Crippen LogP contribution in [-0.2, 0) is 4.79 Å². The first kappa shape index (κ1) is 13.6. The molecule has 22 heavy (non-hydrogen) atoms. The minimum atomic E-state index is -0.0258. The van der Waals surface area contributed by atoms with Crippen molar-refractivity contribution in [3.05, 3.63) is 30.3 Å². The number of benzene rings is 1. The molecule has 1 unspecified atom stereocenters. The van der Waals surface area contributed by atoms with Crippen molar-refractivity contribution in [3.63, 3.8) is 0 Å². The summed E-state index contributed by atoms with van der Waals surface area (Å²) >= 11 is 0. The van der Waals surface area contributed by atoms with E-state index >= 15 is 0 Å². The number of hydrogen-bond acceptors (Lipinski definition) is 3. The Kier molecular flexibility index (Phi) is 3.26. The molecule has 1 N–H and O–H groups in total. The number of amides is 3. The number of hydrogen-bond donors (Lipinski definition) is 1. The van der Waals surface area contributed by atoms with Gasteiger partial charge in [-0.2, -0.15) is 0 Å². The van der Waals surface area contributed by atoms with Gasteiger partial charge in [0.2, 0.25) is 5.91 Å². The molecule has 0 radical (unpaired) electrons. The largest absolute Gasteiger partial charge is 0.336 e. The fraction of sp³-hybridized carbons (Fsp3) is 0.500. The number of rotatable bonds is 3.